The molecule has 0 nitrogen and oxygen atoms in total. The second kappa shape index (κ2) is 8.03. The fourth-order valence-electron chi connectivity index (χ4n) is 4.85. The molecule has 6 aromatic carbocycles. The van der Waals surface area contributed by atoms with Crippen LogP contribution in [0.1, 0.15) is 11.1 Å². The molecule has 154 valence electrons. The first kappa shape index (κ1) is 20.0. The summed E-state index contributed by atoms with van der Waals surface area (Å²) in [5.41, 5.74) is 7.70. The summed E-state index contributed by atoms with van der Waals surface area (Å²) in [5.74, 6) is 0. The molecule has 0 aromatic heterocycles. The first-order valence-electron chi connectivity index (χ1n) is 10.8. The molecule has 0 aliphatic carbocycles. The van der Waals surface area contributed by atoms with Gasteiger partial charge in [0.1, 0.15) is 0 Å². The maximum atomic E-state index is 3.55. The monoisotopic (exact) mass is 538 g/mol. The molecule has 0 atom stereocenters. The Morgan fingerprint density at radius 1 is 0.406 bits per heavy atom. The largest absolute Gasteiger partial charge is 0.0876 e. The highest BCUT2D eigenvalue weighted by Gasteiger charge is 2.14. The van der Waals surface area contributed by atoms with Crippen LogP contribution in [-0.2, 0) is 10.7 Å². The van der Waals surface area contributed by atoms with Gasteiger partial charge >= 0.3 is 0 Å². The number of hydrogen-bond acceptors (Lipinski definition) is 0. The van der Waals surface area contributed by atoms with Crippen LogP contribution in [0.4, 0.5) is 0 Å². The molecule has 0 heterocycles. The molecule has 0 saturated carbocycles. The van der Waals surface area contributed by atoms with E-state index in [2.05, 4.69) is 129 Å². The van der Waals surface area contributed by atoms with Gasteiger partial charge in [-0.3, -0.25) is 0 Å². The first-order chi connectivity index (χ1) is 15.8. The summed E-state index contributed by atoms with van der Waals surface area (Å²) in [4.78, 5) is 0. The molecule has 32 heavy (non-hydrogen) atoms. The minimum absolute atomic E-state index is 0.880. The Morgan fingerprint density at radius 2 is 0.781 bits per heavy atom. The zero-order valence-corrected chi connectivity index (χ0v) is 20.6. The van der Waals surface area contributed by atoms with E-state index in [0.717, 1.165) is 10.7 Å². The summed E-state index contributed by atoms with van der Waals surface area (Å²) in [6.07, 6.45) is 0. The van der Waals surface area contributed by atoms with Gasteiger partial charge in [0.2, 0.25) is 0 Å². The molecular formula is C30H20Br2. The van der Waals surface area contributed by atoms with Crippen molar-refractivity contribution in [2.24, 2.45) is 0 Å². The Kier molecular flexibility index (Phi) is 5.01. The summed E-state index contributed by atoms with van der Waals surface area (Å²) in [6.45, 7) is 0. The van der Waals surface area contributed by atoms with Gasteiger partial charge in [-0.05, 0) is 65.7 Å². The number of rotatable bonds is 4. The Labute approximate surface area is 204 Å². The zero-order chi connectivity index (χ0) is 21.7. The van der Waals surface area contributed by atoms with E-state index in [-0.39, 0.29) is 0 Å². The van der Waals surface area contributed by atoms with E-state index >= 15 is 0 Å². The summed E-state index contributed by atoms with van der Waals surface area (Å²) < 4.78 is 0. The van der Waals surface area contributed by atoms with Crippen molar-refractivity contribution < 1.29 is 0 Å². The van der Waals surface area contributed by atoms with Crippen LogP contribution in [0.15, 0.2) is 97.1 Å². The second-order valence-corrected chi connectivity index (χ2v) is 9.43. The summed E-state index contributed by atoms with van der Waals surface area (Å²) >= 11 is 7.11. The molecule has 0 spiro atoms. The van der Waals surface area contributed by atoms with Crippen LogP contribution in [0.3, 0.4) is 0 Å². The van der Waals surface area contributed by atoms with E-state index in [1.54, 1.807) is 0 Å². The lowest BCUT2D eigenvalue weighted by Crippen LogP contribution is -1.90. The van der Waals surface area contributed by atoms with Crippen LogP contribution in [-0.4, -0.2) is 0 Å². The first-order valence-corrected chi connectivity index (χ1v) is 13.0. The number of hydrogen-bond donors (Lipinski definition) is 0. The quantitative estimate of drug-likeness (QED) is 0.154. The third-order valence-corrected chi connectivity index (χ3v) is 7.80. The van der Waals surface area contributed by atoms with Gasteiger partial charge in [-0.25, -0.2) is 0 Å². The van der Waals surface area contributed by atoms with E-state index in [4.69, 9.17) is 0 Å². The van der Waals surface area contributed by atoms with Gasteiger partial charge in [-0.2, -0.15) is 0 Å². The molecule has 6 rings (SSSR count). The Bertz CT molecular complexity index is 1440. The Balaban J connectivity index is 1.63. The third kappa shape index (κ3) is 3.17. The second-order valence-electron chi connectivity index (χ2n) is 8.31. The van der Waals surface area contributed by atoms with Gasteiger partial charge in [0.15, 0.2) is 0 Å². The number of halogens is 2. The van der Waals surface area contributed by atoms with Crippen molar-refractivity contribution in [2.75, 3.05) is 0 Å². The van der Waals surface area contributed by atoms with Crippen LogP contribution >= 0.6 is 31.9 Å². The minimum atomic E-state index is 0.880. The molecule has 0 saturated heterocycles. The van der Waals surface area contributed by atoms with E-state index < -0.39 is 0 Å². The van der Waals surface area contributed by atoms with Gasteiger partial charge < -0.3 is 0 Å². The van der Waals surface area contributed by atoms with Crippen LogP contribution in [0.2, 0.25) is 0 Å². The number of alkyl halides is 2. The molecular weight excluding hydrogens is 520 g/mol. The van der Waals surface area contributed by atoms with E-state index in [9.17, 15) is 0 Å². The number of benzene rings is 6. The molecule has 0 aliphatic heterocycles. The molecule has 6 aromatic rings. The fraction of sp³-hybridized carbons (Fsp3) is 0.0667. The average molecular weight is 540 g/mol. The Hall–Kier alpha value is -2.68. The molecule has 0 unspecified atom stereocenters. The lowest BCUT2D eigenvalue weighted by Gasteiger charge is -2.16. The normalized spacial score (nSPS) is 11.7. The zero-order valence-electron chi connectivity index (χ0n) is 17.4. The van der Waals surface area contributed by atoms with E-state index in [1.807, 2.05) is 0 Å². The molecule has 0 radical (unpaired) electrons. The smallest absolute Gasteiger partial charge is 0.0283 e. The molecule has 2 heteroatoms. The highest BCUT2D eigenvalue weighted by Crippen LogP contribution is 2.42. The van der Waals surface area contributed by atoms with Crippen LogP contribution in [0.25, 0.3) is 54.6 Å². The summed E-state index contributed by atoms with van der Waals surface area (Å²) in [5, 5.41) is 9.72. The molecule has 0 N–H and O–H groups in total. The standard InChI is InChI=1S/C30H20Br2/c31-17-19-1-5-21(6-2-19)25-13-9-23-12-16-28-26(22-7-3-20(18-32)4-8-22)14-10-24-11-15-27(25)29(23)30(24)28/h1-16H,17-18H2. The van der Waals surface area contributed by atoms with Gasteiger partial charge in [0.05, 0.1) is 0 Å². The third-order valence-electron chi connectivity index (χ3n) is 6.50. The van der Waals surface area contributed by atoms with Crippen molar-refractivity contribution in [3.63, 3.8) is 0 Å². The lowest BCUT2D eigenvalue weighted by atomic mass is 9.87. The lowest BCUT2D eigenvalue weighted by molar-refractivity contribution is 1.44. The van der Waals surface area contributed by atoms with Crippen molar-refractivity contribution in [1.82, 2.24) is 0 Å². The molecule has 0 bridgehead atoms. The fourth-order valence-corrected chi connectivity index (χ4v) is 5.60. The highest BCUT2D eigenvalue weighted by molar-refractivity contribution is 9.08. The van der Waals surface area contributed by atoms with Gasteiger partial charge in [0, 0.05) is 10.7 Å². The highest BCUT2D eigenvalue weighted by atomic mass is 79.9. The van der Waals surface area contributed by atoms with Crippen molar-refractivity contribution in [2.45, 2.75) is 10.7 Å². The van der Waals surface area contributed by atoms with Crippen molar-refractivity contribution in [1.29, 1.82) is 0 Å². The molecule has 0 amide bonds. The minimum Gasteiger partial charge on any atom is -0.0876 e. The van der Waals surface area contributed by atoms with Crippen LogP contribution in [0, 0.1) is 0 Å². The van der Waals surface area contributed by atoms with Crippen molar-refractivity contribution in [3.8, 4) is 22.3 Å². The van der Waals surface area contributed by atoms with Crippen molar-refractivity contribution in [3.05, 3.63) is 108 Å². The maximum Gasteiger partial charge on any atom is 0.0283 e. The predicted molar refractivity (Wildman–Crippen MR) is 146 cm³/mol. The molecule has 0 fully saturated rings. The van der Waals surface area contributed by atoms with Crippen LogP contribution < -0.4 is 0 Å². The van der Waals surface area contributed by atoms with Gasteiger partial charge in [-0.15, -0.1) is 0 Å². The Morgan fingerprint density at radius 3 is 1.16 bits per heavy atom. The molecule has 0 aliphatic rings. The van der Waals surface area contributed by atoms with E-state index in [0.29, 0.717) is 0 Å². The SMILES string of the molecule is BrCc1ccc(-c2ccc3ccc4c(-c5ccc(CBr)cc5)ccc5ccc2c3c54)cc1. The van der Waals surface area contributed by atoms with Gasteiger partial charge in [0.25, 0.3) is 0 Å². The summed E-state index contributed by atoms with van der Waals surface area (Å²) in [6, 6.07) is 36.0. The topological polar surface area (TPSA) is 0 Å². The summed E-state index contributed by atoms with van der Waals surface area (Å²) in [7, 11) is 0. The van der Waals surface area contributed by atoms with E-state index in [1.165, 1.54) is 65.7 Å². The van der Waals surface area contributed by atoms with Crippen LogP contribution in [0.5, 0.6) is 0 Å². The van der Waals surface area contributed by atoms with Gasteiger partial charge in [-0.1, -0.05) is 129 Å². The average Bonchev–Trinajstić information content (AvgIpc) is 2.87. The predicted octanol–water partition coefficient (Wildman–Crippen LogP) is 9.71. The maximum absolute atomic E-state index is 3.55. The van der Waals surface area contributed by atoms with Crippen molar-refractivity contribution >= 4 is 64.2 Å².